The lowest BCUT2D eigenvalue weighted by Crippen LogP contribution is -2.46. The molecule has 1 aliphatic heterocycles. The van der Waals surface area contributed by atoms with Gasteiger partial charge in [-0.2, -0.15) is 0 Å². The zero-order valence-corrected chi connectivity index (χ0v) is 17.0. The van der Waals surface area contributed by atoms with E-state index in [4.69, 9.17) is 9.26 Å². The van der Waals surface area contributed by atoms with Crippen molar-refractivity contribution in [3.63, 3.8) is 0 Å². The van der Waals surface area contributed by atoms with E-state index in [1.165, 1.54) is 25.7 Å². The number of aromatic nitrogens is 1. The van der Waals surface area contributed by atoms with E-state index >= 15 is 0 Å². The number of fused-ring (bicyclic) bond motifs is 1. The third-order valence-electron chi connectivity index (χ3n) is 5.35. The Hall–Kier alpha value is -2.03. The fourth-order valence-corrected chi connectivity index (χ4v) is 4.54. The van der Waals surface area contributed by atoms with Crippen molar-refractivity contribution < 1.29 is 23.6 Å². The molecule has 0 bridgehead atoms. The molecule has 1 aromatic rings. The van der Waals surface area contributed by atoms with Gasteiger partial charge < -0.3 is 19.5 Å². The van der Waals surface area contributed by atoms with Crippen LogP contribution in [0, 0.1) is 18.8 Å². The SMILES string of the molecule is Cc1cc(NC(=O)CSCC(=O)OCC(=O)N2CC[C@H]3CCCC[C@H]3C2)no1. The number of nitrogens with one attached hydrogen (secondary N) is 1. The number of carbonyl (C=O) groups is 3. The molecule has 8 nitrogen and oxygen atoms in total. The van der Waals surface area contributed by atoms with Crippen LogP contribution in [0.5, 0.6) is 0 Å². The highest BCUT2D eigenvalue weighted by Gasteiger charge is 2.33. The zero-order chi connectivity index (χ0) is 19.9. The van der Waals surface area contributed by atoms with Crippen LogP contribution in [-0.4, -0.2) is 59.0 Å². The Morgan fingerprint density at radius 3 is 2.79 bits per heavy atom. The van der Waals surface area contributed by atoms with Crippen LogP contribution < -0.4 is 5.32 Å². The average molecular weight is 410 g/mol. The number of carbonyl (C=O) groups excluding carboxylic acids is 3. The first-order chi connectivity index (χ1) is 13.5. The van der Waals surface area contributed by atoms with E-state index in [1.54, 1.807) is 13.0 Å². The Kier molecular flexibility index (Phi) is 7.36. The molecule has 28 heavy (non-hydrogen) atoms. The Morgan fingerprint density at radius 1 is 1.25 bits per heavy atom. The number of esters is 1. The first-order valence-corrected chi connectivity index (χ1v) is 10.9. The molecule has 1 aliphatic carbocycles. The average Bonchev–Trinajstić information content (AvgIpc) is 3.10. The monoisotopic (exact) mass is 409 g/mol. The van der Waals surface area contributed by atoms with Gasteiger partial charge in [-0.05, 0) is 31.6 Å². The van der Waals surface area contributed by atoms with Crippen LogP contribution in [0.15, 0.2) is 10.6 Å². The molecular weight excluding hydrogens is 382 g/mol. The molecule has 2 atom stereocenters. The normalized spacial score (nSPS) is 21.7. The number of hydrogen-bond donors (Lipinski definition) is 1. The number of piperidine rings is 1. The Balaban J connectivity index is 1.29. The maximum absolute atomic E-state index is 12.3. The molecule has 1 N–H and O–H groups in total. The number of rotatable bonds is 7. The second kappa shape index (κ2) is 9.95. The number of thioether (sulfide) groups is 1. The van der Waals surface area contributed by atoms with Crippen molar-refractivity contribution >= 4 is 35.4 Å². The Bertz CT molecular complexity index is 707. The van der Waals surface area contributed by atoms with Gasteiger partial charge >= 0.3 is 5.97 Å². The molecule has 2 fully saturated rings. The maximum atomic E-state index is 12.3. The molecule has 3 rings (SSSR count). The summed E-state index contributed by atoms with van der Waals surface area (Å²) in [4.78, 5) is 37.8. The smallest absolute Gasteiger partial charge is 0.316 e. The topological polar surface area (TPSA) is 102 Å². The van der Waals surface area contributed by atoms with E-state index in [1.807, 2.05) is 4.90 Å². The quantitative estimate of drug-likeness (QED) is 0.689. The van der Waals surface area contributed by atoms with E-state index in [-0.39, 0.29) is 29.9 Å². The van der Waals surface area contributed by atoms with Gasteiger partial charge in [0.2, 0.25) is 5.91 Å². The number of hydrogen-bond acceptors (Lipinski definition) is 7. The molecule has 154 valence electrons. The highest BCUT2D eigenvalue weighted by molar-refractivity contribution is 8.00. The van der Waals surface area contributed by atoms with E-state index < -0.39 is 5.97 Å². The van der Waals surface area contributed by atoms with Crippen LogP contribution in [0.3, 0.4) is 0 Å². The number of amides is 2. The van der Waals surface area contributed by atoms with Crippen molar-refractivity contribution in [2.75, 3.05) is 36.5 Å². The van der Waals surface area contributed by atoms with Crippen molar-refractivity contribution in [2.24, 2.45) is 11.8 Å². The molecule has 0 radical (unpaired) electrons. The van der Waals surface area contributed by atoms with Gasteiger partial charge in [0.1, 0.15) is 5.76 Å². The standard InChI is InChI=1S/C19H27N3O5S/c1-13-8-16(21-27-13)20-17(23)11-28-12-19(25)26-10-18(24)22-7-6-14-4-2-3-5-15(14)9-22/h8,14-15H,2-7,9-12H2,1H3,(H,20,21,23)/t14-,15+/m1/s1. The fraction of sp³-hybridized carbons (Fsp3) is 0.684. The predicted molar refractivity (Wildman–Crippen MR) is 105 cm³/mol. The highest BCUT2D eigenvalue weighted by Crippen LogP contribution is 2.36. The van der Waals surface area contributed by atoms with Crippen molar-refractivity contribution in [3.05, 3.63) is 11.8 Å². The molecule has 2 amide bonds. The van der Waals surface area contributed by atoms with Crippen molar-refractivity contribution in [1.29, 1.82) is 0 Å². The van der Waals surface area contributed by atoms with E-state index in [0.29, 0.717) is 17.5 Å². The number of nitrogens with zero attached hydrogens (tertiary/aromatic N) is 2. The zero-order valence-electron chi connectivity index (χ0n) is 16.1. The Labute approximate surface area is 168 Å². The van der Waals surface area contributed by atoms with Gasteiger partial charge in [-0.25, -0.2) is 0 Å². The molecule has 1 saturated heterocycles. The van der Waals surface area contributed by atoms with Gasteiger partial charge in [-0.15, -0.1) is 11.8 Å². The minimum atomic E-state index is -0.490. The second-order valence-corrected chi connectivity index (χ2v) is 8.44. The lowest BCUT2D eigenvalue weighted by Gasteiger charge is -2.41. The summed E-state index contributed by atoms with van der Waals surface area (Å²) < 4.78 is 9.95. The summed E-state index contributed by atoms with van der Waals surface area (Å²) in [5.41, 5.74) is 0. The number of ether oxygens (including phenoxy) is 1. The summed E-state index contributed by atoms with van der Waals surface area (Å²) in [7, 11) is 0. The third kappa shape index (κ3) is 5.98. The van der Waals surface area contributed by atoms with Gasteiger partial charge in [-0.1, -0.05) is 24.4 Å². The molecule has 1 aromatic heterocycles. The van der Waals surface area contributed by atoms with Gasteiger partial charge in [0, 0.05) is 19.2 Å². The second-order valence-electron chi connectivity index (χ2n) is 7.46. The summed E-state index contributed by atoms with van der Waals surface area (Å²) in [6.07, 6.45) is 6.09. The predicted octanol–water partition coefficient (Wildman–Crippen LogP) is 2.24. The fourth-order valence-electron chi connectivity index (χ4n) is 3.93. The summed E-state index contributed by atoms with van der Waals surface area (Å²) in [6.45, 7) is 3.05. The minimum absolute atomic E-state index is 0.0171. The lowest BCUT2D eigenvalue weighted by atomic mass is 9.75. The third-order valence-corrected chi connectivity index (χ3v) is 6.26. The first kappa shape index (κ1) is 20.7. The first-order valence-electron chi connectivity index (χ1n) is 9.75. The van der Waals surface area contributed by atoms with Crippen LogP contribution >= 0.6 is 11.8 Å². The largest absolute Gasteiger partial charge is 0.455 e. The summed E-state index contributed by atoms with van der Waals surface area (Å²) in [5, 5.41) is 6.24. The van der Waals surface area contributed by atoms with Crippen LogP contribution in [0.25, 0.3) is 0 Å². The van der Waals surface area contributed by atoms with Crippen LogP contribution in [0.1, 0.15) is 37.9 Å². The van der Waals surface area contributed by atoms with E-state index in [2.05, 4.69) is 10.5 Å². The number of anilines is 1. The van der Waals surface area contributed by atoms with Crippen LogP contribution in [-0.2, 0) is 19.1 Å². The van der Waals surface area contributed by atoms with Gasteiger partial charge in [0.25, 0.3) is 5.91 Å². The molecule has 2 aliphatic rings. The summed E-state index contributed by atoms with van der Waals surface area (Å²) in [5.74, 6) is 1.51. The number of likely N-dealkylation sites (tertiary alicyclic amines) is 1. The van der Waals surface area contributed by atoms with Gasteiger partial charge in [-0.3, -0.25) is 14.4 Å². The molecule has 0 aromatic carbocycles. The molecule has 0 unspecified atom stereocenters. The minimum Gasteiger partial charge on any atom is -0.455 e. The number of aryl methyl sites for hydroxylation is 1. The molecule has 1 saturated carbocycles. The van der Waals surface area contributed by atoms with Crippen LogP contribution in [0.2, 0.25) is 0 Å². The lowest BCUT2D eigenvalue weighted by molar-refractivity contribution is -0.151. The summed E-state index contributed by atoms with van der Waals surface area (Å²) >= 11 is 1.13. The molecular formula is C19H27N3O5S. The molecule has 0 spiro atoms. The Morgan fingerprint density at radius 2 is 2.04 bits per heavy atom. The van der Waals surface area contributed by atoms with E-state index in [0.717, 1.165) is 37.2 Å². The van der Waals surface area contributed by atoms with Gasteiger partial charge in [0.05, 0.1) is 11.5 Å². The maximum Gasteiger partial charge on any atom is 0.316 e. The van der Waals surface area contributed by atoms with E-state index in [9.17, 15) is 14.4 Å². The van der Waals surface area contributed by atoms with Gasteiger partial charge in [0.15, 0.2) is 12.4 Å². The molecule has 2 heterocycles. The highest BCUT2D eigenvalue weighted by atomic mass is 32.2. The molecule has 9 heteroatoms. The van der Waals surface area contributed by atoms with Crippen molar-refractivity contribution in [1.82, 2.24) is 10.1 Å². The van der Waals surface area contributed by atoms with Crippen LogP contribution in [0.4, 0.5) is 5.82 Å². The summed E-state index contributed by atoms with van der Waals surface area (Å²) in [6, 6.07) is 1.61. The van der Waals surface area contributed by atoms with Crippen molar-refractivity contribution in [3.8, 4) is 0 Å². The van der Waals surface area contributed by atoms with Crippen molar-refractivity contribution in [2.45, 2.75) is 39.0 Å².